The van der Waals surface area contributed by atoms with Crippen molar-refractivity contribution in [3.8, 4) is 0 Å². The summed E-state index contributed by atoms with van der Waals surface area (Å²) in [5, 5.41) is 17.2. The largest absolute Gasteiger partial charge is 0.387 e. The summed E-state index contributed by atoms with van der Waals surface area (Å²) in [6.07, 6.45) is -0.134. The predicted molar refractivity (Wildman–Crippen MR) is 87.5 cm³/mol. The molecule has 2 N–H and O–H groups in total. The quantitative estimate of drug-likeness (QED) is 0.842. The summed E-state index contributed by atoms with van der Waals surface area (Å²) in [6.45, 7) is 2.39. The molecule has 7 heteroatoms. The third-order valence-electron chi connectivity index (χ3n) is 3.22. The minimum atomic E-state index is -0.876. The maximum atomic E-state index is 12.1. The zero-order valence-corrected chi connectivity index (χ0v) is 13.5. The van der Waals surface area contributed by atoms with Crippen molar-refractivity contribution in [2.75, 3.05) is 6.54 Å². The number of hydrogen-bond acceptors (Lipinski definition) is 4. The van der Waals surface area contributed by atoms with Gasteiger partial charge in [0, 0.05) is 24.2 Å². The number of aryl methyl sites for hydroxylation is 1. The molecule has 0 spiro atoms. The molecule has 2 aromatic rings. The Labute approximate surface area is 138 Å². The molecule has 122 valence electrons. The van der Waals surface area contributed by atoms with E-state index in [0.717, 1.165) is 6.42 Å². The lowest BCUT2D eigenvalue weighted by atomic mass is 10.1. The molecule has 1 heterocycles. The highest BCUT2D eigenvalue weighted by Crippen LogP contribution is 2.17. The Morgan fingerprint density at radius 3 is 2.87 bits per heavy atom. The molecule has 0 radical (unpaired) electrons. The number of benzene rings is 1. The highest BCUT2D eigenvalue weighted by Gasteiger charge is 2.13. The molecule has 1 aromatic heterocycles. The van der Waals surface area contributed by atoms with Gasteiger partial charge in [0.05, 0.1) is 6.10 Å². The monoisotopic (exact) mass is 335 g/mol. The standard InChI is InChI=1S/C16H18ClN3O3/c1-2-8-20-15(22)7-6-13(19-20)16(23)18-10-14(21)11-4-3-5-12(17)9-11/h3-7,9,14,21H,2,8,10H2,1H3,(H,18,23). The van der Waals surface area contributed by atoms with E-state index in [9.17, 15) is 14.7 Å². The highest BCUT2D eigenvalue weighted by molar-refractivity contribution is 6.30. The number of nitrogens with one attached hydrogen (secondary N) is 1. The lowest BCUT2D eigenvalue weighted by Crippen LogP contribution is -2.32. The van der Waals surface area contributed by atoms with Gasteiger partial charge in [-0.1, -0.05) is 30.7 Å². The molecule has 6 nitrogen and oxygen atoms in total. The Kier molecular flexibility index (Phi) is 5.90. The minimum Gasteiger partial charge on any atom is -0.387 e. The van der Waals surface area contributed by atoms with Crippen LogP contribution in [0.5, 0.6) is 0 Å². The van der Waals surface area contributed by atoms with E-state index in [1.54, 1.807) is 24.3 Å². The number of aromatic nitrogens is 2. The SMILES string of the molecule is CCCn1nc(C(=O)NCC(O)c2cccc(Cl)c2)ccc1=O. The smallest absolute Gasteiger partial charge is 0.271 e. The number of amides is 1. The van der Waals surface area contributed by atoms with Crippen molar-refractivity contribution >= 4 is 17.5 Å². The van der Waals surface area contributed by atoms with E-state index in [-0.39, 0.29) is 17.8 Å². The Morgan fingerprint density at radius 2 is 2.17 bits per heavy atom. The normalized spacial score (nSPS) is 12.0. The van der Waals surface area contributed by atoms with Crippen LogP contribution in [0.1, 0.15) is 35.5 Å². The molecule has 1 unspecified atom stereocenters. The van der Waals surface area contributed by atoms with E-state index in [2.05, 4.69) is 10.4 Å². The molecular weight excluding hydrogens is 318 g/mol. The second kappa shape index (κ2) is 7.89. The predicted octanol–water partition coefficient (Wildman–Crippen LogP) is 1.77. The Balaban J connectivity index is 2.02. The van der Waals surface area contributed by atoms with Gasteiger partial charge in [0.25, 0.3) is 11.5 Å². The van der Waals surface area contributed by atoms with Crippen LogP contribution in [0.2, 0.25) is 5.02 Å². The van der Waals surface area contributed by atoms with Gasteiger partial charge in [-0.2, -0.15) is 5.10 Å². The van der Waals surface area contributed by atoms with Crippen LogP contribution in [0.25, 0.3) is 0 Å². The van der Waals surface area contributed by atoms with Gasteiger partial charge < -0.3 is 10.4 Å². The molecule has 1 amide bonds. The number of carbonyl (C=O) groups excluding carboxylic acids is 1. The molecule has 1 aromatic carbocycles. The number of hydrogen-bond donors (Lipinski definition) is 2. The highest BCUT2D eigenvalue weighted by atomic mass is 35.5. The first-order valence-corrected chi connectivity index (χ1v) is 7.69. The van der Waals surface area contributed by atoms with E-state index >= 15 is 0 Å². The number of rotatable bonds is 6. The first-order valence-electron chi connectivity index (χ1n) is 7.31. The number of aliphatic hydroxyl groups excluding tert-OH is 1. The zero-order valence-electron chi connectivity index (χ0n) is 12.7. The average molecular weight is 336 g/mol. The lowest BCUT2D eigenvalue weighted by molar-refractivity contribution is 0.0909. The van der Waals surface area contributed by atoms with Crippen LogP contribution in [0, 0.1) is 0 Å². The first kappa shape index (κ1) is 17.2. The van der Waals surface area contributed by atoms with Crippen molar-refractivity contribution in [3.05, 3.63) is 63.0 Å². The lowest BCUT2D eigenvalue weighted by Gasteiger charge is -2.12. The number of carbonyl (C=O) groups is 1. The Hall–Kier alpha value is -2.18. The fourth-order valence-corrected chi connectivity index (χ4v) is 2.25. The van der Waals surface area contributed by atoms with E-state index in [1.807, 2.05) is 6.92 Å². The molecule has 0 aliphatic heterocycles. The second-order valence-electron chi connectivity index (χ2n) is 5.06. The molecule has 0 fully saturated rings. The average Bonchev–Trinajstić information content (AvgIpc) is 2.54. The van der Waals surface area contributed by atoms with Crippen LogP contribution in [-0.4, -0.2) is 27.3 Å². The van der Waals surface area contributed by atoms with Crippen LogP contribution in [0.3, 0.4) is 0 Å². The van der Waals surface area contributed by atoms with E-state index < -0.39 is 12.0 Å². The summed E-state index contributed by atoms with van der Waals surface area (Å²) in [7, 11) is 0. The Morgan fingerprint density at radius 1 is 1.39 bits per heavy atom. The van der Waals surface area contributed by atoms with Gasteiger partial charge in [-0.3, -0.25) is 9.59 Å². The van der Waals surface area contributed by atoms with Crippen LogP contribution in [-0.2, 0) is 6.54 Å². The van der Waals surface area contributed by atoms with E-state index in [4.69, 9.17) is 11.6 Å². The van der Waals surface area contributed by atoms with Crippen molar-refractivity contribution < 1.29 is 9.90 Å². The Bertz CT molecular complexity index is 745. The summed E-state index contributed by atoms with van der Waals surface area (Å²) >= 11 is 5.87. The molecule has 0 aliphatic rings. The van der Waals surface area contributed by atoms with Crippen molar-refractivity contribution in [2.24, 2.45) is 0 Å². The molecule has 0 saturated carbocycles. The van der Waals surface area contributed by atoms with Gasteiger partial charge >= 0.3 is 0 Å². The maximum Gasteiger partial charge on any atom is 0.271 e. The molecule has 0 saturated heterocycles. The third-order valence-corrected chi connectivity index (χ3v) is 3.46. The van der Waals surface area contributed by atoms with Gasteiger partial charge in [-0.25, -0.2) is 4.68 Å². The van der Waals surface area contributed by atoms with Gasteiger partial charge in [0.15, 0.2) is 0 Å². The van der Waals surface area contributed by atoms with Crippen molar-refractivity contribution in [1.29, 1.82) is 0 Å². The summed E-state index contributed by atoms with van der Waals surface area (Å²) in [5.41, 5.74) is 0.500. The van der Waals surface area contributed by atoms with E-state index in [1.165, 1.54) is 16.8 Å². The van der Waals surface area contributed by atoms with Gasteiger partial charge in [0.1, 0.15) is 5.69 Å². The summed E-state index contributed by atoms with van der Waals surface area (Å²) in [5.74, 6) is -0.448. The third kappa shape index (κ3) is 4.64. The van der Waals surface area contributed by atoms with Crippen molar-refractivity contribution in [3.63, 3.8) is 0 Å². The molecule has 0 bridgehead atoms. The van der Waals surface area contributed by atoms with Crippen LogP contribution >= 0.6 is 11.6 Å². The minimum absolute atomic E-state index is 0.0216. The van der Waals surface area contributed by atoms with Crippen molar-refractivity contribution in [2.45, 2.75) is 26.0 Å². The zero-order chi connectivity index (χ0) is 16.8. The van der Waals surface area contributed by atoms with Gasteiger partial charge in [-0.05, 0) is 30.2 Å². The van der Waals surface area contributed by atoms with Crippen LogP contribution < -0.4 is 10.9 Å². The van der Waals surface area contributed by atoms with Gasteiger partial charge in [0.2, 0.25) is 0 Å². The summed E-state index contributed by atoms with van der Waals surface area (Å²) < 4.78 is 1.25. The first-order chi connectivity index (χ1) is 11.0. The summed E-state index contributed by atoms with van der Waals surface area (Å²) in [6, 6.07) is 9.48. The number of nitrogens with zero attached hydrogens (tertiary/aromatic N) is 2. The number of halogens is 1. The molecule has 2 rings (SSSR count). The van der Waals surface area contributed by atoms with Crippen LogP contribution in [0.15, 0.2) is 41.2 Å². The van der Waals surface area contributed by atoms with E-state index in [0.29, 0.717) is 17.1 Å². The number of aliphatic hydroxyl groups is 1. The topological polar surface area (TPSA) is 84.2 Å². The fraction of sp³-hybridized carbons (Fsp3) is 0.312. The molecular formula is C16H18ClN3O3. The van der Waals surface area contributed by atoms with Crippen molar-refractivity contribution in [1.82, 2.24) is 15.1 Å². The molecule has 0 aliphatic carbocycles. The second-order valence-corrected chi connectivity index (χ2v) is 5.50. The van der Waals surface area contributed by atoms with Gasteiger partial charge in [-0.15, -0.1) is 0 Å². The fourth-order valence-electron chi connectivity index (χ4n) is 2.05. The molecule has 23 heavy (non-hydrogen) atoms. The summed E-state index contributed by atoms with van der Waals surface area (Å²) in [4.78, 5) is 23.7. The maximum absolute atomic E-state index is 12.1. The van der Waals surface area contributed by atoms with Crippen LogP contribution in [0.4, 0.5) is 0 Å². The molecule has 1 atom stereocenters.